The van der Waals surface area contributed by atoms with Gasteiger partial charge in [-0.1, -0.05) is 182 Å². The Morgan fingerprint density at radius 2 is 0.764 bits per heavy atom. The molecule has 0 aliphatic carbocycles. The molecule has 0 amide bonds. The minimum Gasteiger partial charge on any atom is -0.310 e. The van der Waals surface area contributed by atoms with Crippen molar-refractivity contribution in [2.75, 3.05) is 9.80 Å². The first kappa shape index (κ1) is 42.1. The van der Waals surface area contributed by atoms with Crippen LogP contribution in [0.1, 0.15) is 0 Å². The minimum absolute atomic E-state index is 1.08. The summed E-state index contributed by atoms with van der Waals surface area (Å²) in [5.74, 6) is 0. The van der Waals surface area contributed by atoms with E-state index in [1.807, 2.05) is 22.7 Å². The molecule has 0 aliphatic rings. The van der Waals surface area contributed by atoms with E-state index < -0.39 is 0 Å². The molecule has 14 rings (SSSR count). The first-order valence-electron chi connectivity index (χ1n) is 24.5. The van der Waals surface area contributed by atoms with E-state index in [0.29, 0.717) is 0 Å². The summed E-state index contributed by atoms with van der Waals surface area (Å²) >= 11 is 3.73. The van der Waals surface area contributed by atoms with Crippen molar-refractivity contribution in [3.63, 3.8) is 0 Å². The number of nitrogens with zero attached hydrogens (tertiary/aromatic N) is 2. The fraction of sp³-hybridized carbons (Fsp3) is 0. The number of anilines is 6. The minimum atomic E-state index is 1.08. The highest BCUT2D eigenvalue weighted by Gasteiger charge is 2.22. The van der Waals surface area contributed by atoms with E-state index in [1.54, 1.807) is 0 Å². The van der Waals surface area contributed by atoms with E-state index >= 15 is 0 Å². The quantitative estimate of drug-likeness (QED) is 0.142. The summed E-state index contributed by atoms with van der Waals surface area (Å²) in [6, 6.07) is 98.1. The second-order valence-electron chi connectivity index (χ2n) is 18.5. The van der Waals surface area contributed by atoms with Gasteiger partial charge in [-0.2, -0.15) is 0 Å². The van der Waals surface area contributed by atoms with Crippen molar-refractivity contribution in [2.24, 2.45) is 0 Å². The average Bonchev–Trinajstić information content (AvgIpc) is 4.02. The van der Waals surface area contributed by atoms with Crippen LogP contribution in [0.5, 0.6) is 0 Å². The van der Waals surface area contributed by atoms with Crippen molar-refractivity contribution in [2.45, 2.75) is 0 Å². The van der Waals surface area contributed by atoms with Crippen LogP contribution in [0.25, 0.3) is 95.3 Å². The summed E-state index contributed by atoms with van der Waals surface area (Å²) in [5, 5.41) is 10.2. The summed E-state index contributed by atoms with van der Waals surface area (Å²) in [5.41, 5.74) is 13.6. The second-order valence-corrected chi connectivity index (χ2v) is 20.7. The van der Waals surface area contributed by atoms with Crippen LogP contribution in [0.4, 0.5) is 34.1 Å². The topological polar surface area (TPSA) is 6.48 Å². The molecule has 0 unspecified atom stereocenters. The first-order valence-corrected chi connectivity index (χ1v) is 26.1. The van der Waals surface area contributed by atoms with Crippen molar-refractivity contribution < 1.29 is 0 Å². The van der Waals surface area contributed by atoms with Crippen molar-refractivity contribution in [1.82, 2.24) is 0 Å². The van der Waals surface area contributed by atoms with E-state index in [4.69, 9.17) is 0 Å². The molecule has 338 valence electrons. The van der Waals surface area contributed by atoms with Crippen molar-refractivity contribution in [3.8, 4) is 33.4 Å². The number of hydrogen-bond donors (Lipinski definition) is 0. The summed E-state index contributed by atoms with van der Waals surface area (Å²) < 4.78 is 5.13. The van der Waals surface area contributed by atoms with Crippen LogP contribution in [0, 0.1) is 0 Å². The largest absolute Gasteiger partial charge is 0.310 e. The highest BCUT2D eigenvalue weighted by Crippen LogP contribution is 2.47. The summed E-state index contributed by atoms with van der Waals surface area (Å²) in [6.45, 7) is 0. The fourth-order valence-corrected chi connectivity index (χ4v) is 13.0. The van der Waals surface area contributed by atoms with Crippen molar-refractivity contribution in [3.05, 3.63) is 267 Å². The van der Waals surface area contributed by atoms with Crippen molar-refractivity contribution >= 4 is 119 Å². The third-order valence-corrected chi connectivity index (χ3v) is 16.5. The van der Waals surface area contributed by atoms with Gasteiger partial charge in [0.1, 0.15) is 0 Å². The van der Waals surface area contributed by atoms with E-state index in [1.165, 1.54) is 84.1 Å². The maximum Gasteiger partial charge on any atom is 0.0540 e. The Bertz CT molecular complexity index is 4360. The predicted molar refractivity (Wildman–Crippen MR) is 313 cm³/mol. The normalized spacial score (nSPS) is 11.6. The summed E-state index contributed by atoms with van der Waals surface area (Å²) in [6.07, 6.45) is 0. The lowest BCUT2D eigenvalue weighted by atomic mass is 9.99. The lowest BCUT2D eigenvalue weighted by Crippen LogP contribution is -2.12. The van der Waals surface area contributed by atoms with Gasteiger partial charge in [0, 0.05) is 74.3 Å². The van der Waals surface area contributed by atoms with Gasteiger partial charge < -0.3 is 9.80 Å². The van der Waals surface area contributed by atoms with Gasteiger partial charge in [-0.25, -0.2) is 0 Å². The molecule has 0 bridgehead atoms. The number of hydrogen-bond acceptors (Lipinski definition) is 4. The molecule has 2 nitrogen and oxygen atoms in total. The molecule has 4 heteroatoms. The van der Waals surface area contributed by atoms with E-state index in [2.05, 4.69) is 277 Å². The van der Waals surface area contributed by atoms with Gasteiger partial charge in [-0.3, -0.25) is 0 Å². The highest BCUT2D eigenvalue weighted by molar-refractivity contribution is 7.26. The van der Waals surface area contributed by atoms with Gasteiger partial charge in [0.05, 0.1) is 5.69 Å². The first-order chi connectivity index (χ1) is 35.7. The molecule has 14 aromatic rings. The Morgan fingerprint density at radius 3 is 1.60 bits per heavy atom. The summed E-state index contributed by atoms with van der Waals surface area (Å²) in [7, 11) is 0. The number of thiophene rings is 2. The van der Waals surface area contributed by atoms with Crippen LogP contribution < -0.4 is 9.80 Å². The SMILES string of the molecule is c1ccc(-c2cccc(N(c3cccc(-c4ccccc4N(c4ccc(-c5ccc6ccccc6c5)cc4)c4ccc5c(c4)sc4ccc6ccccc6c45)c3)c3ccc4c(c3)sc3ccccc34)c2)cc1. The van der Waals surface area contributed by atoms with Crippen LogP contribution in [0.3, 0.4) is 0 Å². The molecule has 0 aliphatic heterocycles. The predicted octanol–water partition coefficient (Wildman–Crippen LogP) is 20.7. The van der Waals surface area contributed by atoms with Gasteiger partial charge >= 0.3 is 0 Å². The molecule has 12 aromatic carbocycles. The Morgan fingerprint density at radius 1 is 0.236 bits per heavy atom. The van der Waals surface area contributed by atoms with Crippen molar-refractivity contribution in [1.29, 1.82) is 0 Å². The molecular formula is C68H44N2S2. The molecule has 2 aromatic heterocycles. The Labute approximate surface area is 426 Å². The van der Waals surface area contributed by atoms with E-state index in [0.717, 1.165) is 45.3 Å². The fourth-order valence-electron chi connectivity index (χ4n) is 10.8. The molecule has 0 atom stereocenters. The highest BCUT2D eigenvalue weighted by atomic mass is 32.1. The lowest BCUT2D eigenvalue weighted by molar-refractivity contribution is 1.28. The molecule has 0 saturated heterocycles. The van der Waals surface area contributed by atoms with E-state index in [9.17, 15) is 0 Å². The number of benzene rings is 12. The zero-order chi connectivity index (χ0) is 47.5. The summed E-state index contributed by atoms with van der Waals surface area (Å²) in [4.78, 5) is 4.87. The maximum absolute atomic E-state index is 2.45. The van der Waals surface area contributed by atoms with Crippen LogP contribution in [-0.2, 0) is 0 Å². The number of fused-ring (bicyclic) bond motifs is 9. The Kier molecular flexibility index (Phi) is 10.3. The van der Waals surface area contributed by atoms with E-state index in [-0.39, 0.29) is 0 Å². The molecule has 0 radical (unpaired) electrons. The Hall–Kier alpha value is -8.80. The third kappa shape index (κ3) is 7.39. The van der Waals surface area contributed by atoms with Crippen LogP contribution in [0.15, 0.2) is 267 Å². The molecule has 0 N–H and O–H groups in total. The molecule has 0 saturated carbocycles. The third-order valence-electron chi connectivity index (χ3n) is 14.2. The lowest BCUT2D eigenvalue weighted by Gasteiger charge is -2.29. The van der Waals surface area contributed by atoms with Gasteiger partial charge in [0.25, 0.3) is 0 Å². The van der Waals surface area contributed by atoms with Crippen LogP contribution in [0.2, 0.25) is 0 Å². The molecule has 0 fully saturated rings. The second kappa shape index (κ2) is 17.6. The van der Waals surface area contributed by atoms with Gasteiger partial charge in [0.15, 0.2) is 0 Å². The number of rotatable bonds is 9. The Balaban J connectivity index is 0.926. The van der Waals surface area contributed by atoms with Gasteiger partial charge in [-0.05, 0) is 134 Å². The zero-order valence-corrected chi connectivity index (χ0v) is 40.7. The smallest absolute Gasteiger partial charge is 0.0540 e. The van der Waals surface area contributed by atoms with Gasteiger partial charge in [0.2, 0.25) is 0 Å². The molecule has 72 heavy (non-hydrogen) atoms. The standard InChI is InChI=1S/C68H44N2S2/c1-2-14-45(15-3-1)50-19-12-21-54(41-50)69(56-35-37-61-60-25-9-11-27-64(60)71-66(61)43-56)55-22-13-20-52(42-55)58-23-8-10-26-63(58)70(53-33-30-47(31-34-53)51-29-28-46-16-4-5-18-49(46)40-51)57-36-38-62-67(44-57)72-65-39-32-48-17-6-7-24-59(48)68(62)65/h1-44H. The van der Waals surface area contributed by atoms with Crippen LogP contribution >= 0.6 is 22.7 Å². The zero-order valence-electron chi connectivity index (χ0n) is 39.1. The molecular weight excluding hydrogens is 909 g/mol. The van der Waals surface area contributed by atoms with Gasteiger partial charge in [-0.15, -0.1) is 22.7 Å². The number of para-hydroxylation sites is 1. The molecule has 2 heterocycles. The average molecular weight is 953 g/mol. The monoisotopic (exact) mass is 952 g/mol. The molecule has 0 spiro atoms. The maximum atomic E-state index is 2.45. The van der Waals surface area contributed by atoms with Crippen LogP contribution in [-0.4, -0.2) is 0 Å².